The summed E-state index contributed by atoms with van der Waals surface area (Å²) in [4.78, 5) is 22.5. The van der Waals surface area contributed by atoms with Gasteiger partial charge >= 0.3 is 11.9 Å². The Morgan fingerprint density at radius 2 is 1.89 bits per heavy atom. The van der Waals surface area contributed by atoms with Crippen molar-refractivity contribution in [2.75, 3.05) is 6.61 Å². The third kappa shape index (κ3) is 6.36. The smallest absolute Gasteiger partial charge is 0.344 e. The summed E-state index contributed by atoms with van der Waals surface area (Å²) in [6.07, 6.45) is 0.658. The van der Waals surface area contributed by atoms with E-state index in [2.05, 4.69) is 4.74 Å². The van der Waals surface area contributed by atoms with Crippen molar-refractivity contribution in [3.63, 3.8) is 0 Å². The van der Waals surface area contributed by atoms with Crippen molar-refractivity contribution in [2.45, 2.75) is 59.2 Å². The fraction of sp³-hybridized carbons (Fsp3) is 0.714. The quantitative estimate of drug-likeness (QED) is 0.529. The molecule has 0 radical (unpaired) electrons. The van der Waals surface area contributed by atoms with Crippen LogP contribution in [0.2, 0.25) is 0 Å². The van der Waals surface area contributed by atoms with Gasteiger partial charge in [0.1, 0.15) is 0 Å². The minimum atomic E-state index is -1.98. The molecule has 0 spiro atoms. The molecule has 0 saturated carbocycles. The van der Waals surface area contributed by atoms with E-state index in [1.807, 2.05) is 19.9 Å². The second-order valence-electron chi connectivity index (χ2n) is 4.84. The summed E-state index contributed by atoms with van der Waals surface area (Å²) < 4.78 is 23.8. The molecule has 0 amide bonds. The summed E-state index contributed by atoms with van der Waals surface area (Å²) in [7, 11) is 0. The molecule has 0 aromatic carbocycles. The Kier molecular flexibility index (Phi) is 7.34. The molecule has 0 aliphatic rings. The van der Waals surface area contributed by atoms with E-state index in [0.29, 0.717) is 6.42 Å². The Labute approximate surface area is 114 Å². The standard InChI is InChI=1S/C14H23FO4/c1-6-18-13(17)12(15)14(5,19-11(4)16)9-7-8-10(2)3/h8,12H,6-7,9H2,1-5H3. The van der Waals surface area contributed by atoms with Gasteiger partial charge in [0, 0.05) is 6.92 Å². The van der Waals surface area contributed by atoms with Gasteiger partial charge in [-0.2, -0.15) is 0 Å². The van der Waals surface area contributed by atoms with Crippen molar-refractivity contribution < 1.29 is 23.5 Å². The molecule has 19 heavy (non-hydrogen) atoms. The molecule has 2 unspecified atom stereocenters. The zero-order chi connectivity index (χ0) is 15.1. The largest absolute Gasteiger partial charge is 0.464 e. The average Bonchev–Trinajstić information content (AvgIpc) is 2.26. The van der Waals surface area contributed by atoms with Crippen LogP contribution in [-0.4, -0.2) is 30.3 Å². The van der Waals surface area contributed by atoms with E-state index in [0.717, 1.165) is 5.57 Å². The fourth-order valence-electron chi connectivity index (χ4n) is 1.67. The number of alkyl halides is 1. The molecule has 0 aromatic heterocycles. The molecule has 0 bridgehead atoms. The predicted octanol–water partition coefficient (Wildman–Crippen LogP) is 2.96. The van der Waals surface area contributed by atoms with E-state index >= 15 is 0 Å². The molecule has 5 heteroatoms. The summed E-state index contributed by atoms with van der Waals surface area (Å²) in [5.74, 6) is -1.62. The molecule has 0 aliphatic heterocycles. The van der Waals surface area contributed by atoms with Crippen LogP contribution in [0.15, 0.2) is 11.6 Å². The van der Waals surface area contributed by atoms with Crippen LogP contribution >= 0.6 is 0 Å². The number of carbonyl (C=O) groups is 2. The number of rotatable bonds is 7. The molecule has 0 rings (SSSR count). The number of ether oxygens (including phenoxy) is 2. The summed E-state index contributed by atoms with van der Waals surface area (Å²) in [6.45, 7) is 8.12. The first kappa shape index (κ1) is 17.6. The lowest BCUT2D eigenvalue weighted by Crippen LogP contribution is -2.46. The molecule has 0 saturated heterocycles. The van der Waals surface area contributed by atoms with E-state index in [-0.39, 0.29) is 13.0 Å². The van der Waals surface area contributed by atoms with Gasteiger partial charge in [-0.25, -0.2) is 9.18 Å². The summed E-state index contributed by atoms with van der Waals surface area (Å²) >= 11 is 0. The van der Waals surface area contributed by atoms with Gasteiger partial charge in [-0.3, -0.25) is 4.79 Å². The Hall–Kier alpha value is -1.39. The van der Waals surface area contributed by atoms with E-state index in [9.17, 15) is 14.0 Å². The predicted molar refractivity (Wildman–Crippen MR) is 70.4 cm³/mol. The van der Waals surface area contributed by atoms with Crippen molar-refractivity contribution in [2.24, 2.45) is 0 Å². The van der Waals surface area contributed by atoms with Crippen molar-refractivity contribution in [1.82, 2.24) is 0 Å². The maximum atomic E-state index is 14.1. The van der Waals surface area contributed by atoms with Crippen LogP contribution in [0.1, 0.15) is 47.5 Å². The summed E-state index contributed by atoms with van der Waals surface area (Å²) in [5, 5.41) is 0. The normalized spacial score (nSPS) is 15.1. The van der Waals surface area contributed by atoms with Gasteiger partial charge in [0.05, 0.1) is 6.61 Å². The van der Waals surface area contributed by atoms with Crippen molar-refractivity contribution in [1.29, 1.82) is 0 Å². The van der Waals surface area contributed by atoms with Crippen LogP contribution in [0, 0.1) is 0 Å². The van der Waals surface area contributed by atoms with Crippen LogP contribution in [0.25, 0.3) is 0 Å². The first-order valence-corrected chi connectivity index (χ1v) is 6.36. The third-order valence-corrected chi connectivity index (χ3v) is 2.60. The lowest BCUT2D eigenvalue weighted by molar-refractivity contribution is -0.175. The van der Waals surface area contributed by atoms with Crippen LogP contribution in [-0.2, 0) is 19.1 Å². The maximum Gasteiger partial charge on any atom is 0.344 e. The Balaban J connectivity index is 4.89. The van der Waals surface area contributed by atoms with Crippen molar-refractivity contribution in [3.8, 4) is 0 Å². The molecule has 0 fully saturated rings. The topological polar surface area (TPSA) is 52.6 Å². The van der Waals surface area contributed by atoms with Gasteiger partial charge in [0.25, 0.3) is 0 Å². The van der Waals surface area contributed by atoms with Gasteiger partial charge in [-0.05, 0) is 40.5 Å². The molecule has 110 valence electrons. The minimum Gasteiger partial charge on any atom is -0.464 e. The molecule has 0 N–H and O–H groups in total. The number of esters is 2. The first-order chi connectivity index (χ1) is 8.73. The van der Waals surface area contributed by atoms with Crippen molar-refractivity contribution in [3.05, 3.63) is 11.6 Å². The van der Waals surface area contributed by atoms with E-state index in [1.54, 1.807) is 6.92 Å². The van der Waals surface area contributed by atoms with Crippen molar-refractivity contribution >= 4 is 11.9 Å². The van der Waals surface area contributed by atoms with Crippen LogP contribution < -0.4 is 0 Å². The number of hydrogen-bond donors (Lipinski definition) is 0. The highest BCUT2D eigenvalue weighted by Gasteiger charge is 2.43. The number of carbonyl (C=O) groups excluding carboxylic acids is 2. The molecule has 2 atom stereocenters. The van der Waals surface area contributed by atoms with Gasteiger partial charge in [0.15, 0.2) is 5.60 Å². The lowest BCUT2D eigenvalue weighted by atomic mass is 9.93. The molecule has 0 heterocycles. The van der Waals surface area contributed by atoms with Gasteiger partial charge in [-0.15, -0.1) is 0 Å². The highest BCUT2D eigenvalue weighted by Crippen LogP contribution is 2.26. The second kappa shape index (κ2) is 7.92. The first-order valence-electron chi connectivity index (χ1n) is 6.36. The Morgan fingerprint density at radius 1 is 1.32 bits per heavy atom. The SMILES string of the molecule is CCOC(=O)C(F)C(C)(CCC=C(C)C)OC(C)=O. The minimum absolute atomic E-state index is 0.0867. The van der Waals surface area contributed by atoms with E-state index in [4.69, 9.17) is 4.74 Å². The molecular formula is C14H23FO4. The summed E-state index contributed by atoms with van der Waals surface area (Å²) in [6, 6.07) is 0. The van der Waals surface area contributed by atoms with Gasteiger partial charge in [-0.1, -0.05) is 11.6 Å². The monoisotopic (exact) mass is 274 g/mol. The van der Waals surface area contributed by atoms with Gasteiger partial charge < -0.3 is 9.47 Å². The molecule has 0 aliphatic carbocycles. The zero-order valence-electron chi connectivity index (χ0n) is 12.3. The Morgan fingerprint density at radius 3 is 2.32 bits per heavy atom. The molecule has 0 aromatic rings. The van der Waals surface area contributed by atoms with E-state index in [1.165, 1.54) is 13.8 Å². The Bertz CT molecular complexity index is 347. The highest BCUT2D eigenvalue weighted by atomic mass is 19.1. The summed E-state index contributed by atoms with van der Waals surface area (Å²) in [5.41, 5.74) is -0.416. The average molecular weight is 274 g/mol. The number of allylic oxidation sites excluding steroid dienone is 2. The number of halogens is 1. The second-order valence-corrected chi connectivity index (χ2v) is 4.84. The number of hydrogen-bond acceptors (Lipinski definition) is 4. The molecule has 4 nitrogen and oxygen atoms in total. The van der Waals surface area contributed by atoms with Crippen LogP contribution in [0.3, 0.4) is 0 Å². The maximum absolute atomic E-state index is 14.1. The lowest BCUT2D eigenvalue weighted by Gasteiger charge is -2.30. The fourth-order valence-corrected chi connectivity index (χ4v) is 1.67. The zero-order valence-corrected chi connectivity index (χ0v) is 12.3. The van der Waals surface area contributed by atoms with Crippen LogP contribution in [0.4, 0.5) is 4.39 Å². The van der Waals surface area contributed by atoms with E-state index < -0.39 is 23.7 Å². The van der Waals surface area contributed by atoms with Gasteiger partial charge in [0.2, 0.25) is 6.17 Å². The third-order valence-electron chi connectivity index (χ3n) is 2.60. The van der Waals surface area contributed by atoms with Crippen LogP contribution in [0.5, 0.6) is 0 Å². The highest BCUT2D eigenvalue weighted by molar-refractivity contribution is 5.77. The molecular weight excluding hydrogens is 251 g/mol.